The van der Waals surface area contributed by atoms with Gasteiger partial charge in [-0.15, -0.1) is 11.6 Å². The van der Waals surface area contributed by atoms with Crippen LogP contribution in [0.4, 0.5) is 4.39 Å². The largest absolute Gasteiger partial charge is 0.321 e. The number of fused-ring (bicyclic) bond motifs is 1. The summed E-state index contributed by atoms with van der Waals surface area (Å²) in [5, 5.41) is -0.169. The van der Waals surface area contributed by atoms with Crippen molar-refractivity contribution >= 4 is 22.6 Å². The topological polar surface area (TPSA) is 17.8 Å². The third kappa shape index (κ3) is 1.64. The van der Waals surface area contributed by atoms with Crippen LogP contribution in [0.5, 0.6) is 0 Å². The van der Waals surface area contributed by atoms with E-state index in [0.717, 1.165) is 29.7 Å². The predicted octanol–water partition coefficient (Wildman–Crippen LogP) is 4.37. The number of hydrogen-bond donors (Lipinski definition) is 0. The maximum Gasteiger partial charge on any atom is 0.128 e. The Hall–Kier alpha value is -1.09. The highest BCUT2D eigenvalue weighted by Crippen LogP contribution is 2.43. The third-order valence-corrected chi connectivity index (χ3v) is 4.16. The van der Waals surface area contributed by atoms with Gasteiger partial charge in [0.15, 0.2) is 0 Å². The van der Waals surface area contributed by atoms with Crippen LogP contribution in [-0.4, -0.2) is 9.55 Å². The molecule has 1 aliphatic carbocycles. The molecule has 0 bridgehead atoms. The van der Waals surface area contributed by atoms with Crippen molar-refractivity contribution in [3.8, 4) is 0 Å². The van der Waals surface area contributed by atoms with Crippen molar-refractivity contribution in [2.75, 3.05) is 0 Å². The summed E-state index contributed by atoms with van der Waals surface area (Å²) in [5.41, 5.74) is 1.73. The molecule has 0 radical (unpaired) electrons. The van der Waals surface area contributed by atoms with Gasteiger partial charge in [-0.25, -0.2) is 9.37 Å². The summed E-state index contributed by atoms with van der Waals surface area (Å²) >= 11 is 6.23. The molecule has 3 rings (SSSR count). The maximum atomic E-state index is 13.5. The monoisotopic (exact) mass is 266 g/mol. The molecule has 2 aromatic rings. The van der Waals surface area contributed by atoms with Gasteiger partial charge < -0.3 is 4.57 Å². The summed E-state index contributed by atoms with van der Waals surface area (Å²) < 4.78 is 15.6. The fourth-order valence-electron chi connectivity index (χ4n) is 2.81. The van der Waals surface area contributed by atoms with E-state index >= 15 is 0 Å². The summed E-state index contributed by atoms with van der Waals surface area (Å²) in [7, 11) is 0. The Bertz CT molecular complexity index is 599. The third-order valence-electron chi connectivity index (χ3n) is 3.97. The van der Waals surface area contributed by atoms with Crippen LogP contribution in [0.15, 0.2) is 18.2 Å². The van der Waals surface area contributed by atoms with Crippen LogP contribution in [0.3, 0.4) is 0 Å². The predicted molar refractivity (Wildman–Crippen MR) is 71.5 cm³/mol. The van der Waals surface area contributed by atoms with Gasteiger partial charge in [-0.1, -0.05) is 0 Å². The first-order valence-electron chi connectivity index (χ1n) is 6.34. The van der Waals surface area contributed by atoms with E-state index < -0.39 is 0 Å². The minimum atomic E-state index is -0.222. The number of hydrogen-bond acceptors (Lipinski definition) is 1. The van der Waals surface area contributed by atoms with E-state index in [-0.39, 0.29) is 16.7 Å². The van der Waals surface area contributed by atoms with E-state index in [0.29, 0.717) is 0 Å². The molecule has 0 spiro atoms. The minimum absolute atomic E-state index is 0.0427. The van der Waals surface area contributed by atoms with E-state index in [1.54, 1.807) is 12.1 Å². The van der Waals surface area contributed by atoms with Crippen molar-refractivity contribution in [2.45, 2.75) is 44.0 Å². The Morgan fingerprint density at radius 3 is 2.72 bits per heavy atom. The summed E-state index contributed by atoms with van der Waals surface area (Å²) in [6, 6.07) is 4.74. The van der Waals surface area contributed by atoms with Gasteiger partial charge in [0.05, 0.1) is 16.4 Å². The van der Waals surface area contributed by atoms with Crippen LogP contribution < -0.4 is 0 Å². The molecule has 2 nitrogen and oxygen atoms in total. The lowest BCUT2D eigenvalue weighted by Crippen LogP contribution is -2.38. The van der Waals surface area contributed by atoms with Crippen LogP contribution in [-0.2, 0) is 5.54 Å². The lowest BCUT2D eigenvalue weighted by molar-refractivity contribution is 0.169. The molecule has 4 heteroatoms. The maximum absolute atomic E-state index is 13.5. The molecule has 1 saturated carbocycles. The zero-order chi connectivity index (χ0) is 12.9. The summed E-state index contributed by atoms with van der Waals surface area (Å²) in [4.78, 5) is 4.57. The molecule has 96 valence electrons. The summed E-state index contributed by atoms with van der Waals surface area (Å²) in [6.07, 6.45) is 3.42. The molecule has 1 aromatic heterocycles. The molecule has 1 heterocycles. The molecule has 18 heavy (non-hydrogen) atoms. The van der Waals surface area contributed by atoms with Gasteiger partial charge >= 0.3 is 0 Å². The summed E-state index contributed by atoms with van der Waals surface area (Å²) in [5.74, 6) is 0.625. The standard InChI is InChI=1S/C14H16ClFN2/c1-9(15)13-17-11-5-4-10(16)8-12(11)18(13)14(2)6-3-7-14/h4-5,8-9H,3,6-7H2,1-2H3. The minimum Gasteiger partial charge on any atom is -0.321 e. The van der Waals surface area contributed by atoms with Gasteiger partial charge in [0.25, 0.3) is 0 Å². The molecule has 1 aliphatic rings. The highest BCUT2D eigenvalue weighted by atomic mass is 35.5. The van der Waals surface area contributed by atoms with Crippen LogP contribution in [0.1, 0.15) is 44.3 Å². The van der Waals surface area contributed by atoms with Gasteiger partial charge in [0.1, 0.15) is 11.6 Å². The molecule has 0 saturated heterocycles. The SMILES string of the molecule is CC(Cl)c1nc2ccc(F)cc2n1C1(C)CCC1. The van der Waals surface area contributed by atoms with E-state index in [4.69, 9.17) is 11.6 Å². The zero-order valence-corrected chi connectivity index (χ0v) is 11.3. The first kappa shape index (κ1) is 12.0. The van der Waals surface area contributed by atoms with E-state index in [9.17, 15) is 4.39 Å². The lowest BCUT2D eigenvalue weighted by Gasteiger charge is -2.41. The molecular weight excluding hydrogens is 251 g/mol. The second-order valence-electron chi connectivity index (χ2n) is 5.40. The van der Waals surface area contributed by atoms with Crippen molar-refractivity contribution in [2.24, 2.45) is 0 Å². The number of alkyl halides is 1. The van der Waals surface area contributed by atoms with Gasteiger partial charge in [-0.05, 0) is 51.3 Å². The fourth-order valence-corrected chi connectivity index (χ4v) is 2.96. The molecule has 1 aromatic carbocycles. The highest BCUT2D eigenvalue weighted by molar-refractivity contribution is 6.20. The van der Waals surface area contributed by atoms with Crippen LogP contribution >= 0.6 is 11.6 Å². The molecule has 0 N–H and O–H groups in total. The van der Waals surface area contributed by atoms with Crippen molar-refractivity contribution < 1.29 is 4.39 Å². The Kier molecular flexibility index (Phi) is 2.63. The normalized spacial score (nSPS) is 19.8. The lowest BCUT2D eigenvalue weighted by atomic mass is 9.78. The second-order valence-corrected chi connectivity index (χ2v) is 6.06. The molecule has 1 unspecified atom stereocenters. The second kappa shape index (κ2) is 3.95. The molecule has 1 atom stereocenters. The average molecular weight is 267 g/mol. The van der Waals surface area contributed by atoms with Gasteiger partial charge in [0.2, 0.25) is 0 Å². The number of nitrogens with zero attached hydrogens (tertiary/aromatic N) is 2. The van der Waals surface area contributed by atoms with E-state index in [1.807, 2.05) is 6.92 Å². The smallest absolute Gasteiger partial charge is 0.128 e. The Labute approximate surface area is 111 Å². The average Bonchev–Trinajstić information content (AvgIpc) is 2.65. The van der Waals surface area contributed by atoms with Crippen LogP contribution in [0.25, 0.3) is 11.0 Å². The number of halogens is 2. The van der Waals surface area contributed by atoms with E-state index in [1.165, 1.54) is 12.5 Å². The van der Waals surface area contributed by atoms with E-state index in [2.05, 4.69) is 16.5 Å². The van der Waals surface area contributed by atoms with Crippen molar-refractivity contribution in [1.82, 2.24) is 9.55 Å². The molecule has 0 amide bonds. The quantitative estimate of drug-likeness (QED) is 0.738. The van der Waals surface area contributed by atoms with Crippen LogP contribution in [0, 0.1) is 5.82 Å². The van der Waals surface area contributed by atoms with Crippen molar-refractivity contribution in [3.63, 3.8) is 0 Å². The first-order valence-corrected chi connectivity index (χ1v) is 6.77. The summed E-state index contributed by atoms with van der Waals surface area (Å²) in [6.45, 7) is 4.11. The highest BCUT2D eigenvalue weighted by Gasteiger charge is 2.37. The Balaban J connectivity index is 2.30. The fraction of sp³-hybridized carbons (Fsp3) is 0.500. The number of imidazole rings is 1. The molecule has 0 aliphatic heterocycles. The van der Waals surface area contributed by atoms with Crippen LogP contribution in [0.2, 0.25) is 0 Å². The van der Waals surface area contributed by atoms with Gasteiger partial charge in [-0.3, -0.25) is 0 Å². The Morgan fingerprint density at radius 2 is 2.17 bits per heavy atom. The van der Waals surface area contributed by atoms with Gasteiger partial charge in [0, 0.05) is 5.54 Å². The molecule has 1 fully saturated rings. The molecular formula is C14H16ClFN2. The Morgan fingerprint density at radius 1 is 1.44 bits per heavy atom. The number of rotatable bonds is 2. The van der Waals surface area contributed by atoms with Gasteiger partial charge in [-0.2, -0.15) is 0 Å². The number of benzene rings is 1. The van der Waals surface area contributed by atoms with Crippen molar-refractivity contribution in [3.05, 3.63) is 29.8 Å². The first-order chi connectivity index (χ1) is 8.51. The zero-order valence-electron chi connectivity index (χ0n) is 10.6. The number of aromatic nitrogens is 2. The van der Waals surface area contributed by atoms with Crippen molar-refractivity contribution in [1.29, 1.82) is 0 Å².